The molecular formula is C21H21N3O4S2. The molecule has 2 amide bonds. The fraction of sp³-hybridized carbons (Fsp3) is 0.143. The fourth-order valence-electron chi connectivity index (χ4n) is 2.85. The van der Waals surface area contributed by atoms with Crippen LogP contribution in [0.3, 0.4) is 0 Å². The number of amides is 2. The van der Waals surface area contributed by atoms with Crippen molar-refractivity contribution in [3.05, 3.63) is 82.0 Å². The summed E-state index contributed by atoms with van der Waals surface area (Å²) in [7, 11) is -2.35. The molecule has 3 aromatic rings. The van der Waals surface area contributed by atoms with E-state index in [4.69, 9.17) is 0 Å². The van der Waals surface area contributed by atoms with Gasteiger partial charge in [0, 0.05) is 5.69 Å². The van der Waals surface area contributed by atoms with Gasteiger partial charge in [-0.2, -0.15) is 0 Å². The lowest BCUT2D eigenvalue weighted by Crippen LogP contribution is -2.36. The van der Waals surface area contributed by atoms with E-state index in [9.17, 15) is 18.0 Å². The second-order valence-electron chi connectivity index (χ2n) is 6.47. The van der Waals surface area contributed by atoms with E-state index in [2.05, 4.69) is 15.4 Å². The van der Waals surface area contributed by atoms with E-state index in [0.717, 1.165) is 0 Å². The molecule has 0 fully saturated rings. The third-order valence-electron chi connectivity index (χ3n) is 4.43. The second kappa shape index (κ2) is 9.21. The predicted octanol–water partition coefficient (Wildman–Crippen LogP) is 3.07. The van der Waals surface area contributed by atoms with E-state index in [1.165, 1.54) is 24.5 Å². The van der Waals surface area contributed by atoms with Crippen LogP contribution in [0, 0.1) is 6.92 Å². The lowest BCUT2D eigenvalue weighted by Gasteiger charge is -2.19. The minimum absolute atomic E-state index is 0.0710. The summed E-state index contributed by atoms with van der Waals surface area (Å²) in [6, 6.07) is 15.9. The lowest BCUT2D eigenvalue weighted by atomic mass is 10.1. The monoisotopic (exact) mass is 443 g/mol. The molecule has 0 saturated heterocycles. The number of hydrogen-bond donors (Lipinski definition) is 3. The van der Waals surface area contributed by atoms with Crippen LogP contribution < -0.4 is 15.4 Å². The van der Waals surface area contributed by atoms with Crippen LogP contribution in [0.15, 0.2) is 70.9 Å². The van der Waals surface area contributed by atoms with Gasteiger partial charge >= 0.3 is 0 Å². The van der Waals surface area contributed by atoms with Crippen LogP contribution in [0.1, 0.15) is 26.8 Å². The number of anilines is 1. The van der Waals surface area contributed by atoms with Gasteiger partial charge in [-0.05, 0) is 48.7 Å². The Morgan fingerprint density at radius 1 is 1.00 bits per heavy atom. The summed E-state index contributed by atoms with van der Waals surface area (Å²) < 4.78 is 26.7. The molecule has 7 nitrogen and oxygen atoms in total. The maximum Gasteiger partial charge on any atom is 0.262 e. The van der Waals surface area contributed by atoms with Crippen molar-refractivity contribution in [3.63, 3.8) is 0 Å². The Morgan fingerprint density at radius 3 is 2.37 bits per heavy atom. The van der Waals surface area contributed by atoms with Crippen LogP contribution in [0.5, 0.6) is 0 Å². The molecule has 0 saturated carbocycles. The zero-order chi connectivity index (χ0) is 21.7. The highest BCUT2D eigenvalue weighted by molar-refractivity contribution is 7.89. The largest absolute Gasteiger partial charge is 0.336 e. The molecule has 0 aliphatic heterocycles. The van der Waals surface area contributed by atoms with Crippen molar-refractivity contribution in [2.75, 3.05) is 12.4 Å². The van der Waals surface area contributed by atoms with Gasteiger partial charge in [-0.15, -0.1) is 11.3 Å². The molecule has 0 radical (unpaired) electrons. The van der Waals surface area contributed by atoms with E-state index in [-0.39, 0.29) is 10.8 Å². The summed E-state index contributed by atoms with van der Waals surface area (Å²) in [5, 5.41) is 7.24. The highest BCUT2D eigenvalue weighted by Gasteiger charge is 2.24. The van der Waals surface area contributed by atoms with Gasteiger partial charge in [-0.3, -0.25) is 9.59 Å². The topological polar surface area (TPSA) is 104 Å². The van der Waals surface area contributed by atoms with Crippen LogP contribution in [-0.2, 0) is 14.8 Å². The van der Waals surface area contributed by atoms with Crippen LogP contribution >= 0.6 is 11.3 Å². The summed E-state index contributed by atoms with van der Waals surface area (Å²) in [5.74, 6) is -0.848. The predicted molar refractivity (Wildman–Crippen MR) is 117 cm³/mol. The second-order valence-corrected chi connectivity index (χ2v) is 9.27. The molecule has 0 aliphatic rings. The maximum absolute atomic E-state index is 13.0. The van der Waals surface area contributed by atoms with Crippen molar-refractivity contribution in [2.45, 2.75) is 17.9 Å². The number of thiophene rings is 1. The van der Waals surface area contributed by atoms with Crippen LogP contribution in [-0.4, -0.2) is 27.3 Å². The summed E-state index contributed by atoms with van der Waals surface area (Å²) in [6.45, 7) is 1.67. The van der Waals surface area contributed by atoms with Gasteiger partial charge in [0.25, 0.3) is 11.8 Å². The molecular weight excluding hydrogens is 422 g/mol. The van der Waals surface area contributed by atoms with Gasteiger partial charge in [-0.1, -0.05) is 42.5 Å². The highest BCUT2D eigenvalue weighted by Crippen LogP contribution is 2.22. The number of aryl methyl sites for hydroxylation is 1. The van der Waals surface area contributed by atoms with E-state index in [1.807, 2.05) is 6.07 Å². The average Bonchev–Trinajstić information content (AvgIpc) is 3.28. The third kappa shape index (κ3) is 4.93. The normalized spacial score (nSPS) is 12.2. The van der Waals surface area contributed by atoms with Crippen molar-refractivity contribution in [1.82, 2.24) is 10.0 Å². The minimum Gasteiger partial charge on any atom is -0.336 e. The molecule has 3 rings (SSSR count). The first-order valence-electron chi connectivity index (χ1n) is 9.06. The molecule has 1 aromatic heterocycles. The number of carbonyl (C=O) groups excluding carboxylic acids is 2. The number of nitrogens with one attached hydrogen (secondary N) is 3. The number of rotatable bonds is 7. The average molecular weight is 444 g/mol. The Kier molecular flexibility index (Phi) is 6.66. The molecule has 0 bridgehead atoms. The van der Waals surface area contributed by atoms with Crippen molar-refractivity contribution in [3.8, 4) is 0 Å². The molecule has 2 aromatic carbocycles. The van der Waals surface area contributed by atoms with Gasteiger partial charge in [0.05, 0.1) is 9.77 Å². The lowest BCUT2D eigenvalue weighted by molar-refractivity contribution is -0.118. The molecule has 1 unspecified atom stereocenters. The highest BCUT2D eigenvalue weighted by atomic mass is 32.2. The molecule has 30 heavy (non-hydrogen) atoms. The summed E-state index contributed by atoms with van der Waals surface area (Å²) in [4.78, 5) is 26.2. The number of carbonyl (C=O) groups is 2. The van der Waals surface area contributed by atoms with Crippen molar-refractivity contribution < 1.29 is 18.0 Å². The van der Waals surface area contributed by atoms with E-state index >= 15 is 0 Å². The number of hydrogen-bond acceptors (Lipinski definition) is 5. The SMILES string of the molecule is CNS(=O)(=O)c1cc(NC(=O)C(NC(=O)c2cccs2)c2ccccc2)ccc1C. The molecule has 0 spiro atoms. The van der Waals surface area contributed by atoms with Crippen LogP contribution in [0.2, 0.25) is 0 Å². The number of sulfonamides is 1. The van der Waals surface area contributed by atoms with Gasteiger partial charge in [0.2, 0.25) is 10.0 Å². The van der Waals surface area contributed by atoms with Crippen molar-refractivity contribution >= 4 is 38.9 Å². The smallest absolute Gasteiger partial charge is 0.262 e. The fourth-order valence-corrected chi connectivity index (χ4v) is 4.47. The van der Waals surface area contributed by atoms with E-state index < -0.39 is 22.0 Å². The quantitative estimate of drug-likeness (QED) is 0.522. The van der Waals surface area contributed by atoms with Crippen molar-refractivity contribution in [1.29, 1.82) is 0 Å². The number of benzene rings is 2. The van der Waals surface area contributed by atoms with Gasteiger partial charge in [-0.25, -0.2) is 13.1 Å². The van der Waals surface area contributed by atoms with Gasteiger partial charge in [0.15, 0.2) is 0 Å². The van der Waals surface area contributed by atoms with E-state index in [0.29, 0.717) is 21.7 Å². The maximum atomic E-state index is 13.0. The Balaban J connectivity index is 1.89. The zero-order valence-electron chi connectivity index (χ0n) is 16.4. The van der Waals surface area contributed by atoms with Crippen LogP contribution in [0.25, 0.3) is 0 Å². The van der Waals surface area contributed by atoms with Crippen LogP contribution in [0.4, 0.5) is 5.69 Å². The summed E-state index contributed by atoms with van der Waals surface area (Å²) >= 11 is 1.28. The van der Waals surface area contributed by atoms with E-state index in [1.54, 1.807) is 60.8 Å². The molecule has 9 heteroatoms. The Bertz CT molecular complexity index is 1140. The minimum atomic E-state index is -3.68. The van der Waals surface area contributed by atoms with Gasteiger partial charge < -0.3 is 10.6 Å². The Morgan fingerprint density at radius 2 is 1.73 bits per heavy atom. The molecule has 1 heterocycles. The van der Waals surface area contributed by atoms with Gasteiger partial charge in [0.1, 0.15) is 6.04 Å². The summed E-state index contributed by atoms with van der Waals surface area (Å²) in [5.41, 5.74) is 1.47. The first-order chi connectivity index (χ1) is 14.3. The molecule has 156 valence electrons. The zero-order valence-corrected chi connectivity index (χ0v) is 18.0. The molecule has 0 aliphatic carbocycles. The Hall–Kier alpha value is -3.01. The first kappa shape index (κ1) is 21.7. The van der Waals surface area contributed by atoms with Crippen molar-refractivity contribution in [2.24, 2.45) is 0 Å². The Labute approximate surface area is 179 Å². The third-order valence-corrected chi connectivity index (χ3v) is 6.85. The standard InChI is InChI=1S/C21H21N3O4S2/c1-14-10-11-16(13-18(14)30(27,28)22-2)23-21(26)19(15-7-4-3-5-8-15)24-20(25)17-9-6-12-29-17/h3-13,19,22H,1-2H3,(H,23,26)(H,24,25). The molecule has 1 atom stereocenters. The first-order valence-corrected chi connectivity index (χ1v) is 11.4. The molecule has 3 N–H and O–H groups in total. The summed E-state index contributed by atoms with van der Waals surface area (Å²) in [6.07, 6.45) is 0.